The van der Waals surface area contributed by atoms with Crippen molar-refractivity contribution in [2.45, 2.75) is 0 Å². The van der Waals surface area contributed by atoms with Gasteiger partial charge in [0, 0.05) is 26.2 Å². The molecule has 1 aromatic heterocycles. The van der Waals surface area contributed by atoms with Crippen LogP contribution in [0.15, 0.2) is 0 Å². The van der Waals surface area contributed by atoms with Crippen LogP contribution in [0.2, 0.25) is 0 Å². The van der Waals surface area contributed by atoms with E-state index in [0.717, 1.165) is 0 Å². The molecule has 0 radical (unpaired) electrons. The van der Waals surface area contributed by atoms with Crippen LogP contribution in [-0.2, 0) is 26.2 Å². The van der Waals surface area contributed by atoms with Gasteiger partial charge in [0.15, 0.2) is 0 Å². The van der Waals surface area contributed by atoms with Gasteiger partial charge in [-0.1, -0.05) is 10.2 Å². The zero-order chi connectivity index (χ0) is 6.91. The molecule has 0 aliphatic carbocycles. The summed E-state index contributed by atoms with van der Waals surface area (Å²) in [5.74, 6) is 0.690. The van der Waals surface area contributed by atoms with E-state index in [-0.39, 0.29) is 26.2 Å². The Hall–Kier alpha value is -0.0869. The van der Waals surface area contributed by atoms with Gasteiger partial charge in [0.2, 0.25) is 0 Å². The monoisotopic (exact) mass is 218 g/mol. The number of hydrogen-bond donors (Lipinski definition) is 1. The van der Waals surface area contributed by atoms with Crippen LogP contribution >= 0.6 is 0 Å². The van der Waals surface area contributed by atoms with Crippen molar-refractivity contribution >= 4 is 5.95 Å². The zero-order valence-electron chi connectivity index (χ0n) is 6.29. The number of quaternary nitrogens is 1. The second kappa shape index (κ2) is 3.35. The summed E-state index contributed by atoms with van der Waals surface area (Å²) < 4.78 is 0.594. The maximum absolute atomic E-state index is 3.81. The van der Waals surface area contributed by atoms with Crippen molar-refractivity contribution in [3.63, 3.8) is 0 Å². The third-order valence-corrected chi connectivity index (χ3v) is 0.934. The molecule has 0 fully saturated rings. The molecule has 0 saturated carbocycles. The van der Waals surface area contributed by atoms with Crippen LogP contribution < -0.4 is 4.48 Å². The molecule has 5 nitrogen and oxygen atoms in total. The summed E-state index contributed by atoms with van der Waals surface area (Å²) >= 11 is 0. The van der Waals surface area contributed by atoms with E-state index in [9.17, 15) is 0 Å². The van der Waals surface area contributed by atoms with Crippen molar-refractivity contribution in [2.24, 2.45) is 0 Å². The second-order valence-electron chi connectivity index (χ2n) is 2.72. The largest absolute Gasteiger partial charge is 0.367 e. The van der Waals surface area contributed by atoms with Gasteiger partial charge >= 0.3 is 5.95 Å². The normalized spacial score (nSPS) is 10.7. The fourth-order valence-electron chi connectivity index (χ4n) is 0.441. The van der Waals surface area contributed by atoms with Gasteiger partial charge in [0.05, 0.1) is 21.1 Å². The summed E-state index contributed by atoms with van der Waals surface area (Å²) in [7, 11) is 5.93. The third-order valence-electron chi connectivity index (χ3n) is 0.934. The molecule has 1 rings (SSSR count). The van der Waals surface area contributed by atoms with E-state index in [1.54, 1.807) is 0 Å². The summed E-state index contributed by atoms with van der Waals surface area (Å²) in [5.41, 5.74) is 0. The first-order chi connectivity index (χ1) is 4.11. The molecular weight excluding hydrogens is 209 g/mol. The van der Waals surface area contributed by atoms with Gasteiger partial charge < -0.3 is 0 Å². The molecule has 0 saturated heterocycles. The number of aromatic nitrogens is 4. The Bertz CT molecular complexity index is 176. The molecule has 1 N–H and O–H groups in total. The number of hydrogen-bond acceptors (Lipinski definition) is 3. The molecule has 0 unspecified atom stereocenters. The van der Waals surface area contributed by atoms with Crippen LogP contribution in [-0.4, -0.2) is 41.8 Å². The minimum absolute atomic E-state index is 0. The summed E-state index contributed by atoms with van der Waals surface area (Å²) in [5, 5.41) is 13.5. The molecule has 0 aliphatic rings. The predicted octanol–water partition coefficient (Wildman–Crippen LogP) is -0.606. The molecule has 0 spiro atoms. The van der Waals surface area contributed by atoms with Gasteiger partial charge in [-0.2, -0.15) is 5.21 Å². The number of nitrogens with zero attached hydrogens (tertiary/aromatic N) is 4. The SMILES string of the molecule is C[N+](C)(C)c1nn[nH]n1.[Zr]. The summed E-state index contributed by atoms with van der Waals surface area (Å²) in [4.78, 5) is 0. The Labute approximate surface area is 78.5 Å². The molecule has 0 aliphatic heterocycles. The van der Waals surface area contributed by atoms with E-state index >= 15 is 0 Å². The van der Waals surface area contributed by atoms with Crippen LogP contribution in [0.3, 0.4) is 0 Å². The van der Waals surface area contributed by atoms with Crippen molar-refractivity contribution in [1.29, 1.82) is 0 Å². The molecular formula is C4H10N5Zr+. The number of aromatic amines is 1. The molecule has 1 aromatic rings. The molecule has 1 heterocycles. The maximum Gasteiger partial charge on any atom is 0.367 e. The fraction of sp³-hybridized carbons (Fsp3) is 0.750. The minimum Gasteiger partial charge on any atom is -0.262 e. The standard InChI is InChI=1S/C4H10N5.Zr/c1-9(2,3)4-5-7-8-6-4;/h1-3H3,(H,5,6,7,8);/q+1;. The van der Waals surface area contributed by atoms with Gasteiger partial charge in [-0.3, -0.25) is 4.48 Å². The van der Waals surface area contributed by atoms with Crippen molar-refractivity contribution in [2.75, 3.05) is 21.1 Å². The van der Waals surface area contributed by atoms with Gasteiger partial charge in [0.25, 0.3) is 0 Å². The smallest absolute Gasteiger partial charge is 0.262 e. The van der Waals surface area contributed by atoms with Crippen LogP contribution in [0.5, 0.6) is 0 Å². The Morgan fingerprint density at radius 3 is 2.10 bits per heavy atom. The fourth-order valence-corrected chi connectivity index (χ4v) is 0.441. The van der Waals surface area contributed by atoms with Crippen molar-refractivity contribution < 1.29 is 26.2 Å². The maximum atomic E-state index is 3.81. The number of H-pyrrole nitrogens is 1. The molecule has 0 aromatic carbocycles. The molecule has 0 amide bonds. The summed E-state index contributed by atoms with van der Waals surface area (Å²) in [6.45, 7) is 0. The third kappa shape index (κ3) is 2.27. The Kier molecular flexibility index (Phi) is 3.32. The topological polar surface area (TPSA) is 54.5 Å². The van der Waals surface area contributed by atoms with E-state index in [1.807, 2.05) is 21.1 Å². The number of tetrazole rings is 1. The van der Waals surface area contributed by atoms with E-state index in [2.05, 4.69) is 20.6 Å². The average Bonchev–Trinajstić information content (AvgIpc) is 2.08. The molecule has 6 heteroatoms. The van der Waals surface area contributed by atoms with E-state index in [1.165, 1.54) is 0 Å². The quantitative estimate of drug-likeness (QED) is 0.641. The Morgan fingerprint density at radius 2 is 1.90 bits per heavy atom. The molecule has 10 heavy (non-hydrogen) atoms. The molecule has 54 valence electrons. The van der Waals surface area contributed by atoms with Crippen molar-refractivity contribution in [3.05, 3.63) is 0 Å². The van der Waals surface area contributed by atoms with Crippen molar-refractivity contribution in [1.82, 2.24) is 25.1 Å². The van der Waals surface area contributed by atoms with E-state index in [4.69, 9.17) is 0 Å². The van der Waals surface area contributed by atoms with Gasteiger partial charge in [-0.05, 0) is 5.21 Å². The first-order valence-electron chi connectivity index (χ1n) is 2.66. The number of nitrogens with one attached hydrogen (secondary N) is 1. The minimum atomic E-state index is 0. The predicted molar refractivity (Wildman–Crippen MR) is 33.7 cm³/mol. The summed E-state index contributed by atoms with van der Waals surface area (Å²) in [6, 6.07) is 0. The first kappa shape index (κ1) is 9.91. The van der Waals surface area contributed by atoms with Crippen LogP contribution in [0.25, 0.3) is 0 Å². The van der Waals surface area contributed by atoms with E-state index in [0.29, 0.717) is 10.4 Å². The molecule has 0 atom stereocenters. The Morgan fingerprint density at radius 1 is 1.30 bits per heavy atom. The zero-order valence-corrected chi connectivity index (χ0v) is 8.75. The van der Waals surface area contributed by atoms with Crippen LogP contribution in [0.1, 0.15) is 0 Å². The van der Waals surface area contributed by atoms with Gasteiger partial charge in [-0.25, -0.2) is 0 Å². The first-order valence-corrected chi connectivity index (χ1v) is 2.66. The Balaban J connectivity index is 0.000000810. The van der Waals surface area contributed by atoms with Gasteiger partial charge in [-0.15, -0.1) is 0 Å². The van der Waals surface area contributed by atoms with E-state index < -0.39 is 0 Å². The average molecular weight is 219 g/mol. The second-order valence-corrected chi connectivity index (χ2v) is 2.72. The van der Waals surface area contributed by atoms with Gasteiger partial charge in [0.1, 0.15) is 0 Å². The van der Waals surface area contributed by atoms with Crippen molar-refractivity contribution in [3.8, 4) is 0 Å². The number of rotatable bonds is 1. The molecule has 0 bridgehead atoms. The van der Waals surface area contributed by atoms with Crippen LogP contribution in [0, 0.1) is 0 Å². The summed E-state index contributed by atoms with van der Waals surface area (Å²) in [6.07, 6.45) is 0. The van der Waals surface area contributed by atoms with Crippen LogP contribution in [0.4, 0.5) is 5.95 Å².